The number of hydrogen-bond acceptors (Lipinski definition) is 15. The van der Waals surface area contributed by atoms with Crippen LogP contribution in [-0.4, -0.2) is 96.7 Å². The summed E-state index contributed by atoms with van der Waals surface area (Å²) in [6, 6.07) is 0. The highest BCUT2D eigenvalue weighted by molar-refractivity contribution is 7.47. The Hall–Kier alpha value is -4.02. The first-order chi connectivity index (χ1) is 46.7. The molecule has 0 aliphatic rings. The molecule has 5 atom stereocenters. The van der Waals surface area contributed by atoms with E-state index in [1.54, 1.807) is 0 Å². The Labute approximate surface area is 582 Å². The number of carbonyl (C=O) groups excluding carboxylic acids is 4. The molecule has 96 heavy (non-hydrogen) atoms. The maximum absolute atomic E-state index is 13.1. The van der Waals surface area contributed by atoms with Crippen molar-refractivity contribution in [1.29, 1.82) is 0 Å². The number of rotatable bonds is 70. The van der Waals surface area contributed by atoms with E-state index in [1.165, 1.54) is 77.0 Å². The van der Waals surface area contributed by atoms with Gasteiger partial charge < -0.3 is 33.8 Å². The van der Waals surface area contributed by atoms with Gasteiger partial charge in [0.25, 0.3) is 0 Å². The van der Waals surface area contributed by atoms with E-state index >= 15 is 0 Å². The molecular weight excluding hydrogens is 1260 g/mol. The molecule has 0 radical (unpaired) electrons. The molecule has 3 N–H and O–H groups in total. The van der Waals surface area contributed by atoms with Gasteiger partial charge in [-0.25, -0.2) is 9.13 Å². The Morgan fingerprint density at radius 2 is 0.542 bits per heavy atom. The number of phosphoric acid groups is 2. The van der Waals surface area contributed by atoms with Crippen LogP contribution in [-0.2, 0) is 65.4 Å². The zero-order chi connectivity index (χ0) is 70.4. The Morgan fingerprint density at radius 1 is 0.302 bits per heavy atom. The standard InChI is InChI=1S/C77H134O17P2/c1-5-9-13-17-21-25-29-32-35-38-42-45-49-53-57-61-74(79)87-67-72(93-76(81)63-59-55-51-47-41-28-24-20-16-12-8-4)69-91-95(83,84)89-65-71(78)66-90-96(85,86)92-70-73(94-77(82)64-60-56-52-48-44-40-37-34-31-27-23-19-15-11-7-3)68-88-75(80)62-58-54-50-46-43-39-36-33-30-26-22-18-14-10-6-2/h10-11,14-15,22-23,26-27,32-37,43,46,71-73,78H,5-9,12-13,16-21,24-25,28-31,38-42,44-45,47-70H2,1-4H3,(H,83,84)(H,85,86)/b14-10-,15-11-,26-22-,27-23-,35-32-,36-33-,37-34-,46-43-. The number of carbonyl (C=O) groups is 4. The molecule has 554 valence electrons. The third kappa shape index (κ3) is 68.5. The first-order valence-electron chi connectivity index (χ1n) is 37.5. The molecule has 5 unspecified atom stereocenters. The average Bonchev–Trinajstić information content (AvgIpc) is 1.09. The second-order valence-corrected chi connectivity index (χ2v) is 27.7. The second kappa shape index (κ2) is 69.5. The van der Waals surface area contributed by atoms with Gasteiger partial charge in [0.1, 0.15) is 19.3 Å². The molecule has 0 saturated carbocycles. The topological polar surface area (TPSA) is 237 Å². The van der Waals surface area contributed by atoms with Crippen molar-refractivity contribution in [1.82, 2.24) is 0 Å². The Morgan fingerprint density at radius 3 is 0.865 bits per heavy atom. The summed E-state index contributed by atoms with van der Waals surface area (Å²) in [6.07, 6.45) is 71.2. The van der Waals surface area contributed by atoms with Crippen LogP contribution in [0.3, 0.4) is 0 Å². The molecule has 0 heterocycles. The van der Waals surface area contributed by atoms with Gasteiger partial charge in [-0.1, -0.05) is 260 Å². The monoisotopic (exact) mass is 1390 g/mol. The minimum absolute atomic E-state index is 0.0658. The fourth-order valence-electron chi connectivity index (χ4n) is 9.87. The van der Waals surface area contributed by atoms with Gasteiger partial charge in [0.2, 0.25) is 0 Å². The second-order valence-electron chi connectivity index (χ2n) is 24.8. The van der Waals surface area contributed by atoms with Crippen molar-refractivity contribution in [3.63, 3.8) is 0 Å². The number of ether oxygens (including phenoxy) is 4. The average molecular weight is 1390 g/mol. The predicted molar refractivity (Wildman–Crippen MR) is 390 cm³/mol. The van der Waals surface area contributed by atoms with Gasteiger partial charge in [-0.05, 0) is 122 Å². The summed E-state index contributed by atoms with van der Waals surface area (Å²) in [5.74, 6) is -2.24. The summed E-state index contributed by atoms with van der Waals surface area (Å²) >= 11 is 0. The number of aliphatic hydroxyl groups excluding tert-OH is 1. The van der Waals surface area contributed by atoms with E-state index < -0.39 is 97.5 Å². The molecule has 0 aromatic heterocycles. The number of phosphoric ester groups is 2. The normalized spacial score (nSPS) is 14.5. The summed E-state index contributed by atoms with van der Waals surface area (Å²) in [5.41, 5.74) is 0. The predicted octanol–water partition coefficient (Wildman–Crippen LogP) is 21.2. The van der Waals surface area contributed by atoms with Crippen molar-refractivity contribution >= 4 is 39.5 Å². The summed E-state index contributed by atoms with van der Waals surface area (Å²) in [6.45, 7) is 4.57. The Kier molecular flexibility index (Phi) is 66.6. The van der Waals surface area contributed by atoms with Gasteiger partial charge in [0, 0.05) is 25.7 Å². The number of aliphatic hydroxyl groups is 1. The molecule has 0 aromatic rings. The van der Waals surface area contributed by atoms with Crippen LogP contribution in [0.15, 0.2) is 97.2 Å². The minimum Gasteiger partial charge on any atom is -0.462 e. The molecule has 19 heteroatoms. The molecule has 0 aromatic carbocycles. The lowest BCUT2D eigenvalue weighted by atomic mass is 10.1. The van der Waals surface area contributed by atoms with E-state index in [0.29, 0.717) is 25.7 Å². The molecule has 0 rings (SSSR count). The molecule has 0 aliphatic heterocycles. The van der Waals surface area contributed by atoms with Crippen LogP contribution >= 0.6 is 15.6 Å². The third-order valence-corrected chi connectivity index (χ3v) is 17.4. The smallest absolute Gasteiger partial charge is 0.462 e. The molecule has 0 bridgehead atoms. The van der Waals surface area contributed by atoms with Crippen molar-refractivity contribution in [3.8, 4) is 0 Å². The Balaban J connectivity index is 5.37. The van der Waals surface area contributed by atoms with Gasteiger partial charge in [-0.3, -0.25) is 37.3 Å². The highest BCUT2D eigenvalue weighted by Crippen LogP contribution is 2.45. The van der Waals surface area contributed by atoms with Crippen LogP contribution in [0.2, 0.25) is 0 Å². The molecule has 0 saturated heterocycles. The van der Waals surface area contributed by atoms with Gasteiger partial charge in [-0.15, -0.1) is 0 Å². The molecular formula is C77H134O17P2. The molecule has 0 fully saturated rings. The SMILES string of the molecule is CC/C=C\C/C=C\C/C=C\C/C=C\CCCCC(=O)OCC(COP(=O)(O)OCC(O)COP(=O)(O)OCC(COC(=O)CCCCCCC/C=C\CCCCCCCC)OC(=O)CCCCCCCCCCCCC)OC(=O)CCCCCCC/C=C\C/C=C\C/C=C\CC. The molecule has 17 nitrogen and oxygen atoms in total. The zero-order valence-electron chi connectivity index (χ0n) is 60.3. The highest BCUT2D eigenvalue weighted by atomic mass is 31.2. The summed E-state index contributed by atoms with van der Waals surface area (Å²) in [4.78, 5) is 72.7. The van der Waals surface area contributed by atoms with E-state index in [-0.39, 0.29) is 25.7 Å². The van der Waals surface area contributed by atoms with Crippen LogP contribution in [0, 0.1) is 0 Å². The molecule has 0 spiro atoms. The van der Waals surface area contributed by atoms with Crippen molar-refractivity contribution in [3.05, 3.63) is 97.2 Å². The number of allylic oxidation sites excluding steroid dienone is 16. The summed E-state index contributed by atoms with van der Waals surface area (Å²) < 4.78 is 68.3. The van der Waals surface area contributed by atoms with E-state index in [2.05, 4.69) is 125 Å². The van der Waals surface area contributed by atoms with Crippen LogP contribution in [0.1, 0.15) is 310 Å². The summed E-state index contributed by atoms with van der Waals surface area (Å²) in [5, 5.41) is 10.6. The van der Waals surface area contributed by atoms with E-state index in [9.17, 15) is 43.2 Å². The first kappa shape index (κ1) is 92.0. The van der Waals surface area contributed by atoms with Crippen LogP contribution < -0.4 is 0 Å². The minimum atomic E-state index is -4.98. The molecule has 0 aliphatic carbocycles. The quantitative estimate of drug-likeness (QED) is 0.0169. The van der Waals surface area contributed by atoms with Crippen LogP contribution in [0.5, 0.6) is 0 Å². The maximum Gasteiger partial charge on any atom is 0.472 e. The van der Waals surface area contributed by atoms with Crippen LogP contribution in [0.25, 0.3) is 0 Å². The van der Waals surface area contributed by atoms with Gasteiger partial charge in [0.15, 0.2) is 12.2 Å². The van der Waals surface area contributed by atoms with Crippen molar-refractivity contribution < 1.29 is 80.2 Å². The summed E-state index contributed by atoms with van der Waals surface area (Å²) in [7, 11) is -9.96. The van der Waals surface area contributed by atoms with Crippen molar-refractivity contribution in [2.75, 3.05) is 39.6 Å². The van der Waals surface area contributed by atoms with E-state index in [4.69, 9.17) is 37.0 Å². The molecule has 0 amide bonds. The highest BCUT2D eigenvalue weighted by Gasteiger charge is 2.30. The first-order valence-corrected chi connectivity index (χ1v) is 40.5. The number of hydrogen-bond donors (Lipinski definition) is 3. The fourth-order valence-corrected chi connectivity index (χ4v) is 11.4. The lowest BCUT2D eigenvalue weighted by molar-refractivity contribution is -0.161. The Bertz CT molecular complexity index is 2200. The van der Waals surface area contributed by atoms with Gasteiger partial charge in [0.05, 0.1) is 26.4 Å². The van der Waals surface area contributed by atoms with Crippen molar-refractivity contribution in [2.24, 2.45) is 0 Å². The largest absolute Gasteiger partial charge is 0.472 e. The van der Waals surface area contributed by atoms with Crippen molar-refractivity contribution in [2.45, 2.75) is 329 Å². The lowest BCUT2D eigenvalue weighted by Crippen LogP contribution is -2.30. The third-order valence-electron chi connectivity index (χ3n) is 15.5. The zero-order valence-corrected chi connectivity index (χ0v) is 62.1. The number of esters is 4. The van der Waals surface area contributed by atoms with E-state index in [1.807, 2.05) is 0 Å². The van der Waals surface area contributed by atoms with E-state index in [0.717, 1.165) is 154 Å². The lowest BCUT2D eigenvalue weighted by Gasteiger charge is -2.21. The van der Waals surface area contributed by atoms with Gasteiger partial charge >= 0.3 is 39.5 Å². The van der Waals surface area contributed by atoms with Crippen LogP contribution in [0.4, 0.5) is 0 Å². The number of unbranched alkanes of at least 4 members (excludes halogenated alkanes) is 28. The fraction of sp³-hybridized carbons (Fsp3) is 0.740. The van der Waals surface area contributed by atoms with Gasteiger partial charge in [-0.2, -0.15) is 0 Å². The maximum atomic E-state index is 13.1.